The SMILES string of the molecule is CC(C)C1CCOC1C(C)C.CC(C)[C@@H]1CCC[C@H]1C(C)C.CC(C)[C@@H]1COC[C@H]1C(C)C.CC(C)[C@H]1CCC[C@H]1C(C)C.CC(C)[C@H]1CCC[C@H]1C(C)C.CC(C)[C@H]1CCC[C@H]1C(C)C.CC(C)[C@H]1CCO[C@H]1C(C)C.CC(C)[C@H]1COC[C@H]1C(C)C.CC(C)[C@H]1COC[C@H]1C(C)C.CC(C)[C@H]1OCC[C@H]1C(C)C. The Morgan fingerprint density at radius 2 is 0.255 bits per heavy atom. The molecule has 10 aliphatic rings. The molecule has 2 unspecified atom stereocenters. The van der Waals surface area contributed by atoms with E-state index in [0.29, 0.717) is 36.1 Å². The maximum Gasteiger partial charge on any atom is 0.0629 e. The lowest BCUT2D eigenvalue weighted by molar-refractivity contribution is 0.0434. The van der Waals surface area contributed by atoms with Crippen molar-refractivity contribution < 1.29 is 28.4 Å². The van der Waals surface area contributed by atoms with Gasteiger partial charge >= 0.3 is 0 Å². The third-order valence-electron chi connectivity index (χ3n) is 30.1. The second kappa shape index (κ2) is 56.3. The van der Waals surface area contributed by atoms with Crippen molar-refractivity contribution in [3.63, 3.8) is 0 Å². The van der Waals surface area contributed by atoms with Gasteiger partial charge < -0.3 is 28.4 Å². The van der Waals surface area contributed by atoms with Gasteiger partial charge in [0.2, 0.25) is 0 Å². The van der Waals surface area contributed by atoms with Crippen LogP contribution in [0.15, 0.2) is 0 Å². The lowest BCUT2D eigenvalue weighted by atomic mass is 9.80. The summed E-state index contributed by atoms with van der Waals surface area (Å²) >= 11 is 0. The maximum absolute atomic E-state index is 5.69. The number of hydrogen-bond donors (Lipinski definition) is 0. The van der Waals surface area contributed by atoms with Crippen LogP contribution < -0.4 is 0 Å². The molecule has 0 amide bonds. The first kappa shape index (κ1) is 108. The van der Waals surface area contributed by atoms with Gasteiger partial charge in [-0.05, 0) is 290 Å². The summed E-state index contributed by atoms with van der Waals surface area (Å²) in [5.41, 5.74) is 0. The molecule has 6 heterocycles. The summed E-state index contributed by atoms with van der Waals surface area (Å²) in [6, 6.07) is 0. The highest BCUT2D eigenvalue weighted by Gasteiger charge is 2.40. The highest BCUT2D eigenvalue weighted by atomic mass is 16.5. The molecule has 10 rings (SSSR count). The third kappa shape index (κ3) is 38.0. The van der Waals surface area contributed by atoms with Crippen LogP contribution in [0.5, 0.6) is 0 Å². The Morgan fingerprint density at radius 1 is 0.136 bits per heavy atom. The van der Waals surface area contributed by atoms with Gasteiger partial charge in [0.05, 0.1) is 18.3 Å². The van der Waals surface area contributed by atoms with Gasteiger partial charge in [-0.15, -0.1) is 0 Å². The van der Waals surface area contributed by atoms with Crippen LogP contribution >= 0.6 is 0 Å². The molecular formula is C104H208O6. The molecule has 110 heavy (non-hydrogen) atoms. The Balaban J connectivity index is 0.000000611. The van der Waals surface area contributed by atoms with E-state index < -0.39 is 0 Å². The predicted octanol–water partition coefficient (Wildman–Crippen LogP) is 30.7. The van der Waals surface area contributed by atoms with E-state index in [2.05, 4.69) is 277 Å². The average molecular weight is 1550 g/mol. The van der Waals surface area contributed by atoms with E-state index in [9.17, 15) is 0 Å². The zero-order valence-corrected chi connectivity index (χ0v) is 82.5. The zero-order valence-electron chi connectivity index (χ0n) is 82.5. The second-order valence-electron chi connectivity index (χ2n) is 44.9. The molecule has 0 aromatic rings. The quantitative estimate of drug-likeness (QED) is 0.121. The fraction of sp³-hybridized carbons (Fsp3) is 1.00. The predicted molar refractivity (Wildman–Crippen MR) is 487 cm³/mol. The molecule has 0 bridgehead atoms. The Kier molecular flexibility index (Phi) is 55.2. The normalized spacial score (nSPS) is 32.2. The molecule has 0 spiro atoms. The lowest BCUT2D eigenvalue weighted by Gasteiger charge is -2.26. The molecule has 6 heteroatoms. The van der Waals surface area contributed by atoms with Gasteiger partial charge in [0.1, 0.15) is 0 Å². The first-order valence-electron chi connectivity index (χ1n) is 48.8. The summed E-state index contributed by atoms with van der Waals surface area (Å²) in [7, 11) is 0. The van der Waals surface area contributed by atoms with Crippen molar-refractivity contribution >= 4 is 0 Å². The van der Waals surface area contributed by atoms with Crippen LogP contribution in [0, 0.1) is 219 Å². The van der Waals surface area contributed by atoms with Gasteiger partial charge in [-0.3, -0.25) is 0 Å². The third-order valence-corrected chi connectivity index (χ3v) is 30.1. The van der Waals surface area contributed by atoms with Crippen molar-refractivity contribution in [1.82, 2.24) is 0 Å². The molecule has 0 aromatic heterocycles. The second-order valence-corrected chi connectivity index (χ2v) is 44.9. The van der Waals surface area contributed by atoms with Crippen LogP contribution in [-0.4, -0.2) is 77.8 Å². The van der Waals surface area contributed by atoms with Gasteiger partial charge in [0, 0.05) is 59.5 Å². The first-order valence-corrected chi connectivity index (χ1v) is 48.8. The Morgan fingerprint density at radius 3 is 0.345 bits per heavy atom. The van der Waals surface area contributed by atoms with Crippen LogP contribution in [0.1, 0.15) is 373 Å². The molecule has 10 fully saturated rings. The van der Waals surface area contributed by atoms with Crippen LogP contribution in [-0.2, 0) is 28.4 Å². The molecule has 0 N–H and O–H groups in total. The Labute approximate surface area is 694 Å². The van der Waals surface area contributed by atoms with E-state index in [-0.39, 0.29) is 0 Å². The molecule has 6 saturated heterocycles. The van der Waals surface area contributed by atoms with E-state index in [1.54, 1.807) is 0 Å². The van der Waals surface area contributed by atoms with E-state index >= 15 is 0 Å². The molecule has 4 saturated carbocycles. The summed E-state index contributed by atoms with van der Waals surface area (Å²) in [6.45, 7) is 102. The van der Waals surface area contributed by atoms with Crippen LogP contribution in [0.4, 0.5) is 0 Å². The standard InChI is InChI=1S/4C11H22.6C10H20O/c4*1-8(2)10-6-5-7-11(10)9(3)4;3*1-7(2)9-5-11-6-10(9)8(3)4;3*1-7(2)9-5-6-11-10(9)8(3)4/h4*8-11H,5-7H2,1-4H3;6*7-10H,5-6H2,1-4H3/t3*10-,11+;10-,11-;2*9-,10+;9-,10-;2*9-,10+;/m...0..010./s1. The van der Waals surface area contributed by atoms with E-state index in [1.165, 1.54) is 96.3 Å². The van der Waals surface area contributed by atoms with E-state index in [0.717, 1.165) is 261 Å². The molecular weight excluding hydrogens is 1350 g/mol. The summed E-state index contributed by atoms with van der Waals surface area (Å²) in [6.07, 6.45) is 23.2. The molecule has 660 valence electrons. The Hall–Kier alpha value is -0.240. The van der Waals surface area contributed by atoms with Crippen molar-refractivity contribution in [1.29, 1.82) is 0 Å². The highest BCUT2D eigenvalue weighted by Crippen LogP contribution is 2.45. The van der Waals surface area contributed by atoms with E-state index in [1.807, 2.05) is 0 Å². The molecule has 20 atom stereocenters. The topological polar surface area (TPSA) is 55.4 Å². The van der Waals surface area contributed by atoms with Crippen molar-refractivity contribution in [3.8, 4) is 0 Å². The average Bonchev–Trinajstić information content (AvgIpc) is 1.90. The Bertz CT molecular complexity index is 1520. The van der Waals surface area contributed by atoms with Gasteiger partial charge in [-0.2, -0.15) is 0 Å². The van der Waals surface area contributed by atoms with Crippen molar-refractivity contribution in [2.45, 2.75) is 392 Å². The summed E-state index contributed by atoms with van der Waals surface area (Å²) < 4.78 is 33.5. The smallest absolute Gasteiger partial charge is 0.0629 e. The fourth-order valence-electron chi connectivity index (χ4n) is 22.7. The van der Waals surface area contributed by atoms with Crippen molar-refractivity contribution in [2.24, 2.45) is 219 Å². The fourth-order valence-corrected chi connectivity index (χ4v) is 22.7. The van der Waals surface area contributed by atoms with E-state index in [4.69, 9.17) is 28.4 Å². The largest absolute Gasteiger partial charge is 0.381 e. The van der Waals surface area contributed by atoms with Crippen LogP contribution in [0.25, 0.3) is 0 Å². The van der Waals surface area contributed by atoms with Crippen LogP contribution in [0.2, 0.25) is 0 Å². The van der Waals surface area contributed by atoms with Crippen molar-refractivity contribution in [2.75, 3.05) is 59.5 Å². The highest BCUT2D eigenvalue weighted by molar-refractivity contribution is 4.88. The monoisotopic (exact) mass is 1550 g/mol. The van der Waals surface area contributed by atoms with Gasteiger partial charge in [-0.1, -0.05) is 303 Å². The first-order chi connectivity index (χ1) is 51.3. The summed E-state index contributed by atoms with van der Waals surface area (Å²) in [5, 5.41) is 0. The summed E-state index contributed by atoms with van der Waals surface area (Å²) in [4.78, 5) is 0. The minimum absolute atomic E-state index is 0.523. The number of hydrogen-bond acceptors (Lipinski definition) is 6. The minimum atomic E-state index is 0.523. The molecule has 6 nitrogen and oxygen atoms in total. The lowest BCUT2D eigenvalue weighted by Crippen LogP contribution is -2.25. The summed E-state index contributed by atoms with van der Waals surface area (Å²) in [5.74, 6) is 31.7. The van der Waals surface area contributed by atoms with Crippen molar-refractivity contribution in [3.05, 3.63) is 0 Å². The minimum Gasteiger partial charge on any atom is -0.381 e. The molecule has 6 aliphatic heterocycles. The molecule has 0 aromatic carbocycles. The van der Waals surface area contributed by atoms with Gasteiger partial charge in [-0.25, -0.2) is 0 Å². The maximum atomic E-state index is 5.69. The number of rotatable bonds is 20. The zero-order chi connectivity index (χ0) is 84.3. The molecule has 0 radical (unpaired) electrons. The van der Waals surface area contributed by atoms with Gasteiger partial charge in [0.15, 0.2) is 0 Å². The van der Waals surface area contributed by atoms with Crippen LogP contribution in [0.3, 0.4) is 0 Å². The molecule has 4 aliphatic carbocycles. The van der Waals surface area contributed by atoms with Gasteiger partial charge in [0.25, 0.3) is 0 Å². The number of ether oxygens (including phenoxy) is 6.